The van der Waals surface area contributed by atoms with E-state index in [-0.39, 0.29) is 89.3 Å². The summed E-state index contributed by atoms with van der Waals surface area (Å²) in [6, 6.07) is -0.907. The molecule has 6 rings (SSSR count). The molecule has 2 aromatic rings. The van der Waals surface area contributed by atoms with Crippen molar-refractivity contribution in [3.63, 3.8) is 0 Å². The van der Waals surface area contributed by atoms with Crippen LogP contribution in [0.5, 0.6) is 0 Å². The first kappa shape index (κ1) is 53.5. The van der Waals surface area contributed by atoms with Gasteiger partial charge in [0.2, 0.25) is 0 Å². The van der Waals surface area contributed by atoms with Crippen molar-refractivity contribution in [2.24, 2.45) is 47.3 Å². The summed E-state index contributed by atoms with van der Waals surface area (Å²) >= 11 is 0. The van der Waals surface area contributed by atoms with E-state index in [2.05, 4.69) is 61.5 Å². The van der Waals surface area contributed by atoms with Crippen LogP contribution in [-0.2, 0) is 25.5 Å². The van der Waals surface area contributed by atoms with Gasteiger partial charge in [-0.25, -0.2) is 0 Å². The fourth-order valence-electron chi connectivity index (χ4n) is 11.5. The van der Waals surface area contributed by atoms with Gasteiger partial charge in [0.25, 0.3) is 0 Å². The van der Waals surface area contributed by atoms with Crippen molar-refractivity contribution in [1.82, 2.24) is 9.97 Å². The van der Waals surface area contributed by atoms with Gasteiger partial charge in [0.05, 0.1) is 12.9 Å². The minimum Gasteiger partial charge on any atom is -0.682 e. The van der Waals surface area contributed by atoms with E-state index in [1.807, 2.05) is 26.0 Å². The minimum absolute atomic E-state index is 0. The average Bonchev–Trinajstić information content (AvgIpc) is 4.00. The Morgan fingerprint density at radius 2 is 1.59 bits per heavy atom. The third kappa shape index (κ3) is 12.1. The zero-order valence-corrected chi connectivity index (χ0v) is 43.9. The first-order valence-electron chi connectivity index (χ1n) is 25.1. The van der Waals surface area contributed by atoms with Crippen LogP contribution in [0.1, 0.15) is 162 Å². The Labute approximate surface area is 411 Å². The van der Waals surface area contributed by atoms with Crippen molar-refractivity contribution in [3.05, 3.63) is 71.6 Å². The van der Waals surface area contributed by atoms with Crippen molar-refractivity contribution >= 4 is 64.2 Å². The monoisotopic (exact) mass is 917 g/mol. The number of hydrogen-bond donors (Lipinski definition) is 2. The quantitative estimate of drug-likeness (QED) is 0.0806. The van der Waals surface area contributed by atoms with E-state index in [1.165, 1.54) is 57.6 Å². The summed E-state index contributed by atoms with van der Waals surface area (Å²) in [7, 11) is 1.34. The number of carbonyl (C=O) groups excluding carboxylic acids is 2. The molecule has 11 heteroatoms. The average molecular weight is 918 g/mol. The Morgan fingerprint density at radius 1 is 0.924 bits per heavy atom. The molecule has 8 bridgehead atoms. The molecule has 66 heavy (non-hydrogen) atoms. The van der Waals surface area contributed by atoms with Crippen LogP contribution in [0.4, 0.5) is 0 Å². The van der Waals surface area contributed by atoms with Crippen LogP contribution in [-0.4, -0.2) is 77.0 Å². The van der Waals surface area contributed by atoms with Gasteiger partial charge in [0, 0.05) is 11.6 Å². The largest absolute Gasteiger partial charge is 2.00 e. The summed E-state index contributed by atoms with van der Waals surface area (Å²) < 4.78 is 11.2. The molecule has 360 valence electrons. The van der Waals surface area contributed by atoms with Gasteiger partial charge in [0.1, 0.15) is 18.3 Å². The molecule has 1 aliphatic carbocycles. The Bertz CT molecular complexity index is 2330. The van der Waals surface area contributed by atoms with E-state index >= 15 is 0 Å². The van der Waals surface area contributed by atoms with Crippen molar-refractivity contribution in [2.45, 2.75) is 178 Å². The summed E-state index contributed by atoms with van der Waals surface area (Å²) in [4.78, 5) is 37.5. The molecule has 2 fully saturated rings. The summed E-state index contributed by atoms with van der Waals surface area (Å²) in [5.74, 6) is 0.754. The first-order valence-corrected chi connectivity index (χ1v) is 25.1. The molecule has 0 spiro atoms. The van der Waals surface area contributed by atoms with Gasteiger partial charge in [-0.1, -0.05) is 152 Å². The SMILES string of the molecule is CC[C@H]1/C2=C/c3[n-]c4c(c3C)=C(O)[C@H](C(=O)OC)C=4[C@@H]3[N-]C(Cc4[n-]c(/c(=C(/C)O)c4C)=C\[C@@H]([N-]2)[C@@H]1C)[C@@H](C)[C@@H]3CCC(=O)OC/C=C(/C)CCC[C@H](C)CCC[C@H](C)CCCC(C)C.[Mg+2]. The molecule has 0 amide bonds. The fraction of sp³-hybridized carbons (Fsp3) is 0.673. The summed E-state index contributed by atoms with van der Waals surface area (Å²) in [6.45, 7) is 24.0. The molecule has 0 aromatic carbocycles. The molecule has 10 nitrogen and oxygen atoms in total. The standard InChI is InChI=1S/C55H80N4O6.Mg/c1-13-39-34(7)41-29-46-48(38(11)60)36(9)43(57-46)27-42-35(8)40(52(58-42)50-51(55(63)64-12)54(62)49-37(10)44(59-53(49)50)28-45(39)56-41)23-24-47(61)65-26-25-33(6)22-16-21-32(5)20-15-19-31(4)18-14-17-30(2)3;/h25,28-32,34-35,39-42,51-52,60,62H,13-24,26-27H2,1-12H3;/q-4;+2/b33-25-,45-28-,46-29-,48-38-;/t31-,32-,34-,35+,39-,40+,41-,42?,51-,52-;/m1./s1. The van der Waals surface area contributed by atoms with Crippen molar-refractivity contribution < 1.29 is 29.3 Å². The Hall–Kier alpha value is -3.41. The van der Waals surface area contributed by atoms with Gasteiger partial charge >= 0.3 is 35.0 Å². The predicted octanol–water partition coefficient (Wildman–Crippen LogP) is 9.02. The number of aromatic nitrogens is 2. The number of aliphatic hydroxyl groups is 2. The number of carbonyl (C=O) groups is 2. The summed E-state index contributed by atoms with van der Waals surface area (Å²) in [5.41, 5.74) is 6.06. The normalized spacial score (nSPS) is 27.4. The zero-order chi connectivity index (χ0) is 47.3. The molecular formula is C55H80MgN4O6-2. The van der Waals surface area contributed by atoms with E-state index < -0.39 is 17.9 Å². The zero-order valence-electron chi connectivity index (χ0n) is 42.5. The molecule has 5 heterocycles. The van der Waals surface area contributed by atoms with E-state index in [0.717, 1.165) is 64.2 Å². The minimum atomic E-state index is -1.06. The topological polar surface area (TPSA) is 149 Å². The van der Waals surface area contributed by atoms with Crippen LogP contribution in [0.15, 0.2) is 17.3 Å². The molecule has 3 aliphatic heterocycles. The molecule has 0 saturated carbocycles. The van der Waals surface area contributed by atoms with Crippen molar-refractivity contribution in [3.8, 4) is 0 Å². The van der Waals surface area contributed by atoms with Crippen LogP contribution >= 0.6 is 0 Å². The maximum absolute atomic E-state index is 13.7. The van der Waals surface area contributed by atoms with Crippen LogP contribution < -0.4 is 31.1 Å². The Balaban J connectivity index is 0.00000817. The molecule has 2 aromatic heterocycles. The van der Waals surface area contributed by atoms with E-state index in [1.54, 1.807) is 6.92 Å². The maximum Gasteiger partial charge on any atom is 2.00 e. The molecule has 2 N–H and O–H groups in total. The number of esters is 2. The van der Waals surface area contributed by atoms with Crippen LogP contribution in [0.2, 0.25) is 0 Å². The Morgan fingerprint density at radius 3 is 2.23 bits per heavy atom. The number of allylic oxidation sites excluding steroid dienone is 2. The van der Waals surface area contributed by atoms with Gasteiger partial charge in [-0.15, -0.1) is 34.6 Å². The number of rotatable bonds is 19. The molecule has 2 saturated heterocycles. The number of aliphatic hydroxyl groups excluding tert-OH is 2. The second-order valence-electron chi connectivity index (χ2n) is 20.9. The number of hydrogen-bond acceptors (Lipinski definition) is 6. The van der Waals surface area contributed by atoms with E-state index in [9.17, 15) is 19.8 Å². The predicted molar refractivity (Wildman–Crippen MR) is 268 cm³/mol. The number of fused-ring (bicyclic) bond motifs is 8. The summed E-state index contributed by atoms with van der Waals surface area (Å²) in [5, 5.41) is 36.2. The molecule has 0 radical (unpaired) electrons. The second kappa shape index (κ2) is 23.7. The number of ether oxygens (including phenoxy) is 2. The number of methoxy groups -OCH3 is 1. The number of nitrogens with zero attached hydrogens (tertiary/aromatic N) is 4. The fourth-order valence-corrected chi connectivity index (χ4v) is 11.5. The molecule has 4 aliphatic rings. The van der Waals surface area contributed by atoms with E-state index in [4.69, 9.17) is 30.1 Å². The van der Waals surface area contributed by atoms with Crippen LogP contribution in [0.25, 0.3) is 39.9 Å². The summed E-state index contributed by atoms with van der Waals surface area (Å²) in [6.07, 6.45) is 19.5. The Kier molecular flexibility index (Phi) is 19.3. The van der Waals surface area contributed by atoms with Gasteiger partial charge in [0.15, 0.2) is 0 Å². The smallest absolute Gasteiger partial charge is 0.682 e. The first-order chi connectivity index (χ1) is 30.9. The van der Waals surface area contributed by atoms with Crippen LogP contribution in [0, 0.1) is 61.2 Å². The van der Waals surface area contributed by atoms with Gasteiger partial charge in [-0.3, -0.25) is 9.59 Å². The molecule has 1 unspecified atom stereocenters. The van der Waals surface area contributed by atoms with E-state index in [0.29, 0.717) is 40.6 Å². The van der Waals surface area contributed by atoms with Gasteiger partial charge < -0.3 is 40.3 Å². The van der Waals surface area contributed by atoms with Gasteiger partial charge in [-0.05, 0) is 87.8 Å². The maximum atomic E-state index is 13.7. The third-order valence-electron chi connectivity index (χ3n) is 15.6. The second-order valence-corrected chi connectivity index (χ2v) is 20.9. The van der Waals surface area contributed by atoms with Crippen LogP contribution in [0.3, 0.4) is 0 Å². The van der Waals surface area contributed by atoms with Crippen molar-refractivity contribution in [1.29, 1.82) is 0 Å². The van der Waals surface area contributed by atoms with Crippen molar-refractivity contribution in [2.75, 3.05) is 13.7 Å². The van der Waals surface area contributed by atoms with Gasteiger partial charge in [-0.2, -0.15) is 11.4 Å². The molecule has 10 atom stereocenters. The third-order valence-corrected chi connectivity index (χ3v) is 15.6. The molecular weight excluding hydrogens is 837 g/mol.